The minimum Gasteiger partial charge on any atom is -0.497 e. The fourth-order valence-corrected chi connectivity index (χ4v) is 4.87. The van der Waals surface area contributed by atoms with E-state index in [1.54, 1.807) is 7.11 Å². The van der Waals surface area contributed by atoms with E-state index in [1.807, 2.05) is 28.9 Å². The Morgan fingerprint density at radius 1 is 1.11 bits per heavy atom. The number of aliphatic hydroxyl groups excluding tert-OH is 1. The molecule has 0 amide bonds. The lowest BCUT2D eigenvalue weighted by Crippen LogP contribution is -2.22. The van der Waals surface area contributed by atoms with Crippen LogP contribution in [0, 0.1) is 5.92 Å². The molecule has 7 heteroatoms. The van der Waals surface area contributed by atoms with Crippen molar-refractivity contribution in [2.24, 2.45) is 5.92 Å². The Hall–Kier alpha value is -2.64. The van der Waals surface area contributed by atoms with Crippen molar-refractivity contribution in [3.63, 3.8) is 0 Å². The lowest BCUT2D eigenvalue weighted by molar-refractivity contribution is 0.0590. The van der Waals surface area contributed by atoms with Crippen molar-refractivity contribution in [2.75, 3.05) is 26.9 Å². The van der Waals surface area contributed by atoms with Crippen LogP contribution in [0.5, 0.6) is 11.5 Å². The average Bonchev–Trinajstić information content (AvgIpc) is 3.31. The van der Waals surface area contributed by atoms with Crippen LogP contribution in [-0.4, -0.2) is 52.7 Å². The molecule has 2 unspecified atom stereocenters. The standard InChI is InChI=1S/C28H39N3O4/c1-6-7-22(32)17-35-24-13-21(12-23(14-24)33-5)26-15-27(19(4)20-8-10-34-11-9-20)31-28(30-26)25(16-29-31)18(2)3/h12-16,18-20,22,32H,6-11,17H2,1-5H3. The van der Waals surface area contributed by atoms with Gasteiger partial charge < -0.3 is 19.3 Å². The van der Waals surface area contributed by atoms with Crippen LogP contribution in [0.1, 0.15) is 76.5 Å². The van der Waals surface area contributed by atoms with Gasteiger partial charge in [-0.25, -0.2) is 9.50 Å². The van der Waals surface area contributed by atoms with E-state index >= 15 is 0 Å². The molecule has 1 fully saturated rings. The molecule has 0 saturated carbocycles. The van der Waals surface area contributed by atoms with Crippen LogP contribution in [0.4, 0.5) is 0 Å². The molecule has 3 aromatic rings. The van der Waals surface area contributed by atoms with Crippen LogP contribution in [0.3, 0.4) is 0 Å². The molecule has 7 nitrogen and oxygen atoms in total. The van der Waals surface area contributed by atoms with Crippen molar-refractivity contribution < 1.29 is 19.3 Å². The van der Waals surface area contributed by atoms with Crippen molar-refractivity contribution in [1.29, 1.82) is 0 Å². The second kappa shape index (κ2) is 11.4. The van der Waals surface area contributed by atoms with Gasteiger partial charge in [0.1, 0.15) is 18.1 Å². The number of rotatable bonds is 10. The quantitative estimate of drug-likeness (QED) is 0.406. The summed E-state index contributed by atoms with van der Waals surface area (Å²) in [7, 11) is 1.65. The maximum absolute atomic E-state index is 10.1. The van der Waals surface area contributed by atoms with E-state index < -0.39 is 6.10 Å². The third kappa shape index (κ3) is 5.78. The summed E-state index contributed by atoms with van der Waals surface area (Å²) in [5.74, 6) is 2.52. The van der Waals surface area contributed by atoms with Gasteiger partial charge in [0.05, 0.1) is 25.1 Å². The fraction of sp³-hybridized carbons (Fsp3) is 0.571. The molecule has 1 aromatic carbocycles. The minimum atomic E-state index is -0.489. The Balaban J connectivity index is 1.78. The Kier molecular flexibility index (Phi) is 8.29. The van der Waals surface area contributed by atoms with Gasteiger partial charge in [-0.05, 0) is 49.3 Å². The second-order valence-electron chi connectivity index (χ2n) is 9.95. The molecular weight excluding hydrogens is 442 g/mol. The van der Waals surface area contributed by atoms with Crippen molar-refractivity contribution in [3.8, 4) is 22.8 Å². The number of fused-ring (bicyclic) bond motifs is 1. The van der Waals surface area contributed by atoms with Gasteiger partial charge in [0.2, 0.25) is 0 Å². The molecule has 0 spiro atoms. The van der Waals surface area contributed by atoms with Gasteiger partial charge in [0.15, 0.2) is 5.65 Å². The molecule has 1 aliphatic rings. The van der Waals surface area contributed by atoms with Crippen LogP contribution >= 0.6 is 0 Å². The Labute approximate surface area is 208 Å². The summed E-state index contributed by atoms with van der Waals surface area (Å²) < 4.78 is 19.2. The monoisotopic (exact) mass is 481 g/mol. The molecule has 2 atom stereocenters. The molecule has 1 aliphatic heterocycles. The highest BCUT2D eigenvalue weighted by Gasteiger charge is 2.26. The third-order valence-corrected chi connectivity index (χ3v) is 7.06. The van der Waals surface area contributed by atoms with Gasteiger partial charge >= 0.3 is 0 Å². The molecular formula is C28H39N3O4. The SMILES string of the molecule is CCCC(O)COc1cc(OC)cc(-c2cc(C(C)C3CCOCC3)n3ncc(C(C)C)c3n2)c1. The zero-order valence-electron chi connectivity index (χ0n) is 21.7. The summed E-state index contributed by atoms with van der Waals surface area (Å²) in [6.07, 6.45) is 5.19. The number of ether oxygens (including phenoxy) is 3. The predicted molar refractivity (Wildman–Crippen MR) is 137 cm³/mol. The molecule has 1 N–H and O–H groups in total. The maximum atomic E-state index is 10.1. The van der Waals surface area contributed by atoms with Crippen LogP contribution in [-0.2, 0) is 4.74 Å². The van der Waals surface area contributed by atoms with Crippen LogP contribution in [0.15, 0.2) is 30.5 Å². The zero-order chi connectivity index (χ0) is 24.9. The predicted octanol–water partition coefficient (Wildman–Crippen LogP) is 5.60. The smallest absolute Gasteiger partial charge is 0.159 e. The first kappa shape index (κ1) is 25.5. The lowest BCUT2D eigenvalue weighted by atomic mass is 9.84. The highest BCUT2D eigenvalue weighted by atomic mass is 16.5. The Morgan fingerprint density at radius 2 is 1.86 bits per heavy atom. The van der Waals surface area contributed by atoms with Gasteiger partial charge in [0, 0.05) is 42.0 Å². The summed E-state index contributed by atoms with van der Waals surface area (Å²) >= 11 is 0. The number of methoxy groups -OCH3 is 1. The number of benzene rings is 1. The largest absolute Gasteiger partial charge is 0.497 e. The lowest BCUT2D eigenvalue weighted by Gasteiger charge is -2.28. The molecule has 190 valence electrons. The van der Waals surface area contributed by atoms with Gasteiger partial charge in [-0.15, -0.1) is 0 Å². The summed E-state index contributed by atoms with van der Waals surface area (Å²) in [5, 5.41) is 14.9. The molecule has 0 radical (unpaired) electrons. The van der Waals surface area contributed by atoms with Crippen molar-refractivity contribution >= 4 is 5.65 Å². The highest BCUT2D eigenvalue weighted by molar-refractivity contribution is 5.67. The molecule has 0 bridgehead atoms. The summed E-state index contributed by atoms with van der Waals surface area (Å²) in [4.78, 5) is 5.07. The van der Waals surface area contributed by atoms with Crippen molar-refractivity contribution in [2.45, 2.75) is 71.3 Å². The van der Waals surface area contributed by atoms with Crippen LogP contribution in [0.2, 0.25) is 0 Å². The van der Waals surface area contributed by atoms with E-state index in [2.05, 4.69) is 33.8 Å². The molecule has 2 aromatic heterocycles. The van der Waals surface area contributed by atoms with Crippen molar-refractivity contribution in [1.82, 2.24) is 14.6 Å². The summed E-state index contributed by atoms with van der Waals surface area (Å²) in [6.45, 7) is 10.6. The summed E-state index contributed by atoms with van der Waals surface area (Å²) in [5.41, 5.74) is 4.98. The number of hydrogen-bond donors (Lipinski definition) is 1. The van der Waals surface area contributed by atoms with Crippen LogP contribution < -0.4 is 9.47 Å². The third-order valence-electron chi connectivity index (χ3n) is 7.06. The molecule has 0 aliphatic carbocycles. The zero-order valence-corrected chi connectivity index (χ0v) is 21.7. The first-order chi connectivity index (χ1) is 16.9. The van der Waals surface area contributed by atoms with E-state index in [9.17, 15) is 5.11 Å². The van der Waals surface area contributed by atoms with Gasteiger partial charge in [0.25, 0.3) is 0 Å². The number of aromatic nitrogens is 3. The van der Waals surface area contributed by atoms with Gasteiger partial charge in [-0.3, -0.25) is 0 Å². The first-order valence-electron chi connectivity index (χ1n) is 12.9. The van der Waals surface area contributed by atoms with Crippen LogP contribution in [0.25, 0.3) is 16.9 Å². The van der Waals surface area contributed by atoms with Crippen molar-refractivity contribution in [3.05, 3.63) is 41.7 Å². The molecule has 3 heterocycles. The summed E-state index contributed by atoms with van der Waals surface area (Å²) in [6, 6.07) is 7.98. The number of hydrogen-bond acceptors (Lipinski definition) is 6. The average molecular weight is 482 g/mol. The Bertz CT molecular complexity index is 1120. The number of aliphatic hydroxyl groups is 1. The van der Waals surface area contributed by atoms with Gasteiger partial charge in [-0.2, -0.15) is 5.10 Å². The van der Waals surface area contributed by atoms with E-state index in [1.165, 1.54) is 0 Å². The number of nitrogens with zero attached hydrogens (tertiary/aromatic N) is 3. The van der Waals surface area contributed by atoms with E-state index in [4.69, 9.17) is 24.3 Å². The maximum Gasteiger partial charge on any atom is 0.159 e. The van der Waals surface area contributed by atoms with Gasteiger partial charge in [-0.1, -0.05) is 34.1 Å². The minimum absolute atomic E-state index is 0.249. The van der Waals surface area contributed by atoms with E-state index in [0.29, 0.717) is 35.7 Å². The van der Waals surface area contributed by atoms with E-state index in [-0.39, 0.29) is 6.61 Å². The first-order valence-corrected chi connectivity index (χ1v) is 12.9. The fourth-order valence-electron chi connectivity index (χ4n) is 4.87. The molecule has 1 saturated heterocycles. The topological polar surface area (TPSA) is 78.1 Å². The second-order valence-corrected chi connectivity index (χ2v) is 9.95. The highest BCUT2D eigenvalue weighted by Crippen LogP contribution is 2.36. The normalized spacial score (nSPS) is 16.5. The van der Waals surface area contributed by atoms with E-state index in [0.717, 1.165) is 60.6 Å². The molecule has 35 heavy (non-hydrogen) atoms. The molecule has 4 rings (SSSR count). The Morgan fingerprint density at radius 3 is 2.54 bits per heavy atom.